The minimum atomic E-state index is -1.32. The predicted octanol–water partition coefficient (Wildman–Crippen LogP) is 3.05. The van der Waals surface area contributed by atoms with E-state index in [2.05, 4.69) is 4.98 Å². The van der Waals surface area contributed by atoms with Crippen molar-refractivity contribution in [1.82, 2.24) is 4.98 Å². The van der Waals surface area contributed by atoms with Crippen LogP contribution in [0, 0.1) is 0 Å². The van der Waals surface area contributed by atoms with Crippen LogP contribution in [0.15, 0.2) is 35.1 Å². The van der Waals surface area contributed by atoms with Gasteiger partial charge in [0.05, 0.1) is 10.7 Å². The Morgan fingerprint density at radius 2 is 1.78 bits per heavy atom. The third-order valence-corrected chi connectivity index (χ3v) is 2.91. The van der Waals surface area contributed by atoms with Crippen LogP contribution in [0.1, 0.15) is 10.4 Å². The number of hydrogen-bond acceptors (Lipinski definition) is 2. The lowest BCUT2D eigenvalue weighted by atomic mass is 10.1. The van der Waals surface area contributed by atoms with E-state index >= 15 is 0 Å². The Balaban J connectivity index is 2.60. The summed E-state index contributed by atoms with van der Waals surface area (Å²) in [7, 11) is 0. The van der Waals surface area contributed by atoms with Crippen LogP contribution in [-0.2, 0) is 0 Å². The molecule has 1 aromatic heterocycles. The Kier molecular flexibility index (Phi) is 3.41. The highest BCUT2D eigenvalue weighted by Crippen LogP contribution is 2.26. The van der Waals surface area contributed by atoms with Crippen molar-refractivity contribution < 1.29 is 9.90 Å². The molecule has 0 aliphatic rings. The van der Waals surface area contributed by atoms with Gasteiger partial charge in [-0.2, -0.15) is 0 Å². The number of benzene rings is 1. The van der Waals surface area contributed by atoms with Crippen molar-refractivity contribution in [2.45, 2.75) is 0 Å². The maximum atomic E-state index is 11.6. The second kappa shape index (κ2) is 4.84. The van der Waals surface area contributed by atoms with Crippen molar-refractivity contribution in [2.24, 2.45) is 0 Å². The molecule has 2 rings (SSSR count). The van der Waals surface area contributed by atoms with Crippen LogP contribution < -0.4 is 5.56 Å². The average molecular weight is 284 g/mol. The average Bonchev–Trinajstić information content (AvgIpc) is 2.32. The standard InChI is InChI=1S/C12H7Cl2NO3/c13-7-3-1-6(2-4-7)10-9(14)5-8(12(17)18)11(16)15-10/h1-5H,(H,15,16)(H,17,18). The minimum Gasteiger partial charge on any atom is -0.477 e. The molecule has 6 heteroatoms. The number of halogens is 2. The Hall–Kier alpha value is -1.78. The lowest BCUT2D eigenvalue weighted by Crippen LogP contribution is -2.17. The molecule has 0 amide bonds. The van der Waals surface area contributed by atoms with Crippen LogP contribution in [0.2, 0.25) is 10.0 Å². The molecule has 0 fully saturated rings. The summed E-state index contributed by atoms with van der Waals surface area (Å²) >= 11 is 11.7. The molecule has 0 aliphatic carbocycles. The van der Waals surface area contributed by atoms with Gasteiger partial charge < -0.3 is 10.1 Å². The Morgan fingerprint density at radius 1 is 1.17 bits per heavy atom. The van der Waals surface area contributed by atoms with E-state index in [9.17, 15) is 9.59 Å². The van der Waals surface area contributed by atoms with Gasteiger partial charge in [0.15, 0.2) is 0 Å². The third-order valence-electron chi connectivity index (χ3n) is 2.36. The number of carboxylic acid groups (broad SMARTS) is 1. The molecule has 18 heavy (non-hydrogen) atoms. The SMILES string of the molecule is O=C(O)c1cc(Cl)c(-c2ccc(Cl)cc2)[nH]c1=O. The van der Waals surface area contributed by atoms with Crippen LogP contribution in [0.4, 0.5) is 0 Å². The normalized spacial score (nSPS) is 10.3. The summed E-state index contributed by atoms with van der Waals surface area (Å²) in [5.74, 6) is -1.32. The lowest BCUT2D eigenvalue weighted by Gasteiger charge is -2.05. The second-order valence-electron chi connectivity index (χ2n) is 3.55. The summed E-state index contributed by atoms with van der Waals surface area (Å²) in [6.07, 6.45) is 0. The first-order valence-electron chi connectivity index (χ1n) is 4.91. The number of carbonyl (C=O) groups is 1. The van der Waals surface area contributed by atoms with Crippen LogP contribution >= 0.6 is 23.2 Å². The van der Waals surface area contributed by atoms with E-state index in [0.29, 0.717) is 16.3 Å². The quantitative estimate of drug-likeness (QED) is 0.890. The Bertz CT molecular complexity index is 662. The highest BCUT2D eigenvalue weighted by atomic mass is 35.5. The number of H-pyrrole nitrogens is 1. The van der Waals surface area contributed by atoms with Gasteiger partial charge in [0.2, 0.25) is 0 Å². The number of aromatic carboxylic acids is 1. The van der Waals surface area contributed by atoms with E-state index in [1.165, 1.54) is 0 Å². The summed E-state index contributed by atoms with van der Waals surface area (Å²) in [6.45, 7) is 0. The molecule has 1 aromatic carbocycles. The van der Waals surface area contributed by atoms with Gasteiger partial charge in [-0.3, -0.25) is 4.79 Å². The summed E-state index contributed by atoms with van der Waals surface area (Å²) in [4.78, 5) is 24.8. The number of carboxylic acids is 1. The second-order valence-corrected chi connectivity index (χ2v) is 4.39. The first kappa shape index (κ1) is 12.7. The predicted molar refractivity (Wildman–Crippen MR) is 69.5 cm³/mol. The van der Waals surface area contributed by atoms with Crippen molar-refractivity contribution >= 4 is 29.2 Å². The van der Waals surface area contributed by atoms with E-state index in [4.69, 9.17) is 28.3 Å². The van der Waals surface area contributed by atoms with Crippen molar-refractivity contribution in [3.8, 4) is 11.3 Å². The molecule has 92 valence electrons. The Labute approximate surface area is 112 Å². The van der Waals surface area contributed by atoms with Gasteiger partial charge in [-0.1, -0.05) is 35.3 Å². The summed E-state index contributed by atoms with van der Waals surface area (Å²) in [5.41, 5.74) is -0.0728. The maximum Gasteiger partial charge on any atom is 0.341 e. The molecule has 1 heterocycles. The van der Waals surface area contributed by atoms with Gasteiger partial charge in [0, 0.05) is 5.02 Å². The number of nitrogens with one attached hydrogen (secondary N) is 1. The molecule has 2 N–H and O–H groups in total. The Morgan fingerprint density at radius 3 is 2.33 bits per heavy atom. The van der Waals surface area contributed by atoms with Gasteiger partial charge in [0.25, 0.3) is 5.56 Å². The van der Waals surface area contributed by atoms with E-state index in [1.54, 1.807) is 24.3 Å². The molecule has 0 spiro atoms. The van der Waals surface area contributed by atoms with Gasteiger partial charge >= 0.3 is 5.97 Å². The molecule has 0 aliphatic heterocycles. The van der Waals surface area contributed by atoms with Gasteiger partial charge in [-0.25, -0.2) is 4.79 Å². The molecule has 0 radical (unpaired) electrons. The monoisotopic (exact) mass is 283 g/mol. The third kappa shape index (κ3) is 2.39. The van der Waals surface area contributed by atoms with Crippen molar-refractivity contribution in [3.63, 3.8) is 0 Å². The lowest BCUT2D eigenvalue weighted by molar-refractivity contribution is 0.0695. The number of aromatic amines is 1. The first-order valence-corrected chi connectivity index (χ1v) is 5.66. The molecular weight excluding hydrogens is 277 g/mol. The fraction of sp³-hybridized carbons (Fsp3) is 0. The van der Waals surface area contributed by atoms with Crippen LogP contribution in [-0.4, -0.2) is 16.1 Å². The zero-order valence-electron chi connectivity index (χ0n) is 8.91. The number of hydrogen-bond donors (Lipinski definition) is 2. The zero-order valence-corrected chi connectivity index (χ0v) is 10.4. The molecule has 2 aromatic rings. The highest BCUT2D eigenvalue weighted by Gasteiger charge is 2.13. The van der Waals surface area contributed by atoms with Crippen LogP contribution in [0.3, 0.4) is 0 Å². The van der Waals surface area contributed by atoms with E-state index in [1.807, 2.05) is 0 Å². The molecule has 0 unspecified atom stereocenters. The first-order chi connectivity index (χ1) is 8.49. The number of rotatable bonds is 2. The molecule has 0 bridgehead atoms. The molecular formula is C12H7Cl2NO3. The van der Waals surface area contributed by atoms with Crippen LogP contribution in [0.25, 0.3) is 11.3 Å². The summed E-state index contributed by atoms with van der Waals surface area (Å²) < 4.78 is 0. The zero-order chi connectivity index (χ0) is 13.3. The van der Waals surface area contributed by atoms with E-state index < -0.39 is 17.1 Å². The van der Waals surface area contributed by atoms with E-state index in [0.717, 1.165) is 6.07 Å². The fourth-order valence-electron chi connectivity index (χ4n) is 1.49. The van der Waals surface area contributed by atoms with Crippen molar-refractivity contribution in [2.75, 3.05) is 0 Å². The van der Waals surface area contributed by atoms with Crippen molar-refractivity contribution in [3.05, 3.63) is 56.3 Å². The van der Waals surface area contributed by atoms with E-state index in [-0.39, 0.29) is 5.02 Å². The minimum absolute atomic E-state index is 0.161. The molecule has 0 saturated carbocycles. The van der Waals surface area contributed by atoms with Gasteiger partial charge in [-0.05, 0) is 23.8 Å². The fourth-order valence-corrected chi connectivity index (χ4v) is 1.88. The summed E-state index contributed by atoms with van der Waals surface area (Å²) in [5, 5.41) is 9.51. The maximum absolute atomic E-state index is 11.6. The van der Waals surface area contributed by atoms with Gasteiger partial charge in [-0.15, -0.1) is 0 Å². The smallest absolute Gasteiger partial charge is 0.341 e. The molecule has 0 atom stereocenters. The number of aromatic nitrogens is 1. The van der Waals surface area contributed by atoms with Gasteiger partial charge in [0.1, 0.15) is 5.56 Å². The number of pyridine rings is 1. The summed E-state index contributed by atoms with van der Waals surface area (Å²) in [6, 6.07) is 7.79. The molecule has 4 nitrogen and oxygen atoms in total. The van der Waals surface area contributed by atoms with Crippen molar-refractivity contribution in [1.29, 1.82) is 0 Å². The highest BCUT2D eigenvalue weighted by molar-refractivity contribution is 6.33. The van der Waals surface area contributed by atoms with Crippen LogP contribution in [0.5, 0.6) is 0 Å². The molecule has 0 saturated heterocycles. The largest absolute Gasteiger partial charge is 0.477 e. The topological polar surface area (TPSA) is 70.2 Å².